The molecule has 0 aromatic heterocycles. The summed E-state index contributed by atoms with van der Waals surface area (Å²) in [6, 6.07) is 0.347. The normalized spacial score (nSPS) is 22.1. The summed E-state index contributed by atoms with van der Waals surface area (Å²) in [4.78, 5) is 3.09. The number of thiocarbonyl (C=S) groups is 1. The first-order chi connectivity index (χ1) is 5.75. The van der Waals surface area contributed by atoms with Gasteiger partial charge >= 0.3 is 0 Å². The van der Waals surface area contributed by atoms with E-state index in [-0.39, 0.29) is 0 Å². The van der Waals surface area contributed by atoms with Crippen LogP contribution < -0.4 is 5.73 Å². The maximum Gasteiger partial charge on any atom is 0.0901 e. The summed E-state index contributed by atoms with van der Waals surface area (Å²) >= 11 is 5.03. The van der Waals surface area contributed by atoms with Crippen LogP contribution in [0.25, 0.3) is 0 Å². The Labute approximate surface area is 80.1 Å². The summed E-state index contributed by atoms with van der Waals surface area (Å²) in [6.45, 7) is 4.50. The Hall–Kier alpha value is -0.150. The zero-order valence-corrected chi connectivity index (χ0v) is 8.57. The molecule has 3 heteroatoms. The Kier molecular flexibility index (Phi) is 3.95. The third-order valence-corrected chi connectivity index (χ3v) is 2.82. The second-order valence-electron chi connectivity index (χ2n) is 3.42. The van der Waals surface area contributed by atoms with Crippen LogP contribution in [0.5, 0.6) is 0 Å². The van der Waals surface area contributed by atoms with E-state index in [9.17, 15) is 0 Å². The summed E-state index contributed by atoms with van der Waals surface area (Å²) in [5.41, 5.74) is 5.67. The van der Waals surface area contributed by atoms with Gasteiger partial charge in [-0.3, -0.25) is 4.90 Å². The zero-order chi connectivity index (χ0) is 8.97. The first-order valence-corrected chi connectivity index (χ1v) is 5.20. The minimum Gasteiger partial charge on any atom is -0.392 e. The van der Waals surface area contributed by atoms with Gasteiger partial charge in [0.25, 0.3) is 0 Å². The molecule has 1 heterocycles. The molecule has 1 rings (SSSR count). The van der Waals surface area contributed by atoms with E-state index < -0.39 is 0 Å². The predicted octanol–water partition coefficient (Wildman–Crippen LogP) is 1.54. The van der Waals surface area contributed by atoms with Crippen LogP contribution >= 0.6 is 12.2 Å². The topological polar surface area (TPSA) is 29.3 Å². The van der Waals surface area contributed by atoms with Gasteiger partial charge < -0.3 is 5.73 Å². The fourth-order valence-corrected chi connectivity index (χ4v) is 2.19. The van der Waals surface area contributed by atoms with E-state index in [1.807, 2.05) is 0 Å². The first-order valence-electron chi connectivity index (χ1n) is 4.79. The van der Waals surface area contributed by atoms with E-state index in [0.717, 1.165) is 6.42 Å². The molecule has 2 nitrogen and oxygen atoms in total. The Morgan fingerprint density at radius 1 is 1.42 bits per heavy atom. The molecule has 12 heavy (non-hydrogen) atoms. The van der Waals surface area contributed by atoms with Crippen LogP contribution in [0.3, 0.4) is 0 Å². The minimum absolute atomic E-state index is 0.347. The van der Waals surface area contributed by atoms with E-state index in [1.165, 1.54) is 32.4 Å². The Balaban J connectivity index is 2.46. The first kappa shape index (κ1) is 9.93. The minimum atomic E-state index is 0.347. The van der Waals surface area contributed by atoms with E-state index in [1.54, 1.807) is 0 Å². The molecule has 1 fully saturated rings. The molecule has 0 aliphatic carbocycles. The number of piperidine rings is 1. The molecule has 0 aromatic carbocycles. The van der Waals surface area contributed by atoms with E-state index in [4.69, 9.17) is 18.0 Å². The number of rotatable bonds is 3. The van der Waals surface area contributed by atoms with Crippen LogP contribution in [0, 0.1) is 0 Å². The maximum atomic E-state index is 5.67. The van der Waals surface area contributed by atoms with Gasteiger partial charge in [0.05, 0.1) is 11.0 Å². The highest BCUT2D eigenvalue weighted by molar-refractivity contribution is 7.80. The van der Waals surface area contributed by atoms with Crippen molar-refractivity contribution in [1.29, 1.82) is 0 Å². The number of hydrogen-bond acceptors (Lipinski definition) is 2. The highest BCUT2D eigenvalue weighted by Gasteiger charge is 2.20. The predicted molar refractivity (Wildman–Crippen MR) is 56.3 cm³/mol. The average Bonchev–Trinajstić information content (AvgIpc) is 2.07. The summed E-state index contributed by atoms with van der Waals surface area (Å²) < 4.78 is 0. The molecule has 1 saturated heterocycles. The summed E-state index contributed by atoms with van der Waals surface area (Å²) in [6.07, 6.45) is 5.03. The highest BCUT2D eigenvalue weighted by atomic mass is 32.1. The van der Waals surface area contributed by atoms with Crippen LogP contribution in [0.15, 0.2) is 0 Å². The van der Waals surface area contributed by atoms with Crippen molar-refractivity contribution in [2.45, 2.75) is 38.6 Å². The lowest BCUT2D eigenvalue weighted by Crippen LogP contribution is -2.45. The molecule has 0 amide bonds. The third-order valence-electron chi connectivity index (χ3n) is 2.55. The fourth-order valence-electron chi connectivity index (χ4n) is 1.87. The lowest BCUT2D eigenvalue weighted by Gasteiger charge is -2.33. The zero-order valence-electron chi connectivity index (χ0n) is 7.75. The van der Waals surface area contributed by atoms with Crippen molar-refractivity contribution in [1.82, 2.24) is 4.90 Å². The molecule has 0 aromatic rings. The molecule has 1 aliphatic heterocycles. The van der Waals surface area contributed by atoms with Crippen molar-refractivity contribution in [3.8, 4) is 0 Å². The van der Waals surface area contributed by atoms with Gasteiger partial charge in [-0.25, -0.2) is 0 Å². The van der Waals surface area contributed by atoms with Crippen molar-refractivity contribution >= 4 is 17.2 Å². The second kappa shape index (κ2) is 4.77. The molecule has 0 radical (unpaired) electrons. The smallest absolute Gasteiger partial charge is 0.0901 e. The van der Waals surface area contributed by atoms with E-state index in [0.29, 0.717) is 11.0 Å². The number of hydrogen-bond donors (Lipinski definition) is 1. The summed E-state index contributed by atoms with van der Waals surface area (Å²) in [5, 5.41) is 0. The Bertz CT molecular complexity index is 153. The number of nitrogens with zero attached hydrogens (tertiary/aromatic N) is 1. The van der Waals surface area contributed by atoms with Gasteiger partial charge in [0.1, 0.15) is 0 Å². The number of likely N-dealkylation sites (tertiary alicyclic amines) is 1. The molecule has 0 saturated carbocycles. The van der Waals surface area contributed by atoms with Gasteiger partial charge in [-0.1, -0.05) is 25.6 Å². The SMILES string of the molecule is CCC(C(N)=S)N1CCCCC1. The molecular formula is C9H18N2S. The van der Waals surface area contributed by atoms with Gasteiger partial charge in [-0.15, -0.1) is 0 Å². The van der Waals surface area contributed by atoms with Crippen LogP contribution in [0.1, 0.15) is 32.6 Å². The number of nitrogens with two attached hydrogens (primary N) is 1. The monoisotopic (exact) mass is 186 g/mol. The maximum absolute atomic E-state index is 5.67. The van der Waals surface area contributed by atoms with Crippen molar-refractivity contribution in [3.05, 3.63) is 0 Å². The van der Waals surface area contributed by atoms with Gasteiger partial charge in [0, 0.05) is 0 Å². The van der Waals surface area contributed by atoms with E-state index >= 15 is 0 Å². The van der Waals surface area contributed by atoms with Gasteiger partial charge in [-0.2, -0.15) is 0 Å². The summed E-state index contributed by atoms with van der Waals surface area (Å²) in [5.74, 6) is 0. The third kappa shape index (κ3) is 2.42. The molecular weight excluding hydrogens is 168 g/mol. The van der Waals surface area contributed by atoms with Gasteiger partial charge in [-0.05, 0) is 32.4 Å². The Morgan fingerprint density at radius 3 is 2.42 bits per heavy atom. The lowest BCUT2D eigenvalue weighted by molar-refractivity contribution is 0.198. The molecule has 0 spiro atoms. The lowest BCUT2D eigenvalue weighted by atomic mass is 10.1. The van der Waals surface area contributed by atoms with Crippen LogP contribution in [-0.4, -0.2) is 29.0 Å². The van der Waals surface area contributed by atoms with Crippen molar-refractivity contribution in [2.75, 3.05) is 13.1 Å². The average molecular weight is 186 g/mol. The van der Waals surface area contributed by atoms with Gasteiger partial charge in [0.15, 0.2) is 0 Å². The van der Waals surface area contributed by atoms with E-state index in [2.05, 4.69) is 11.8 Å². The molecule has 1 aliphatic rings. The molecule has 1 atom stereocenters. The molecule has 0 bridgehead atoms. The highest BCUT2D eigenvalue weighted by Crippen LogP contribution is 2.14. The van der Waals surface area contributed by atoms with Crippen molar-refractivity contribution in [2.24, 2.45) is 5.73 Å². The van der Waals surface area contributed by atoms with Crippen LogP contribution in [-0.2, 0) is 0 Å². The van der Waals surface area contributed by atoms with Crippen molar-refractivity contribution < 1.29 is 0 Å². The van der Waals surface area contributed by atoms with Crippen LogP contribution in [0.4, 0.5) is 0 Å². The van der Waals surface area contributed by atoms with Crippen LogP contribution in [0.2, 0.25) is 0 Å². The standard InChI is InChI=1S/C9H18N2S/c1-2-8(9(10)12)11-6-4-3-5-7-11/h8H,2-7H2,1H3,(H2,10,12). The molecule has 1 unspecified atom stereocenters. The quantitative estimate of drug-likeness (QED) is 0.678. The van der Waals surface area contributed by atoms with Gasteiger partial charge in [0.2, 0.25) is 0 Å². The largest absolute Gasteiger partial charge is 0.392 e. The second-order valence-corrected chi connectivity index (χ2v) is 3.89. The molecule has 2 N–H and O–H groups in total. The summed E-state index contributed by atoms with van der Waals surface area (Å²) in [7, 11) is 0. The Morgan fingerprint density at radius 2 is 2.00 bits per heavy atom. The fraction of sp³-hybridized carbons (Fsp3) is 0.889. The molecule has 70 valence electrons. The van der Waals surface area contributed by atoms with Crippen molar-refractivity contribution in [3.63, 3.8) is 0 Å².